The van der Waals surface area contributed by atoms with Gasteiger partial charge in [0.15, 0.2) is 17.4 Å². The number of nitrogens with zero attached hydrogens (tertiary/aromatic N) is 8. The molecule has 4 fully saturated rings. The average molecular weight is 901 g/mol. The third-order valence-electron chi connectivity index (χ3n) is 13.8. The summed E-state index contributed by atoms with van der Waals surface area (Å²) in [7, 11) is -0.966. The molecule has 2 saturated carbocycles. The second-order valence-electron chi connectivity index (χ2n) is 17.5. The molecule has 4 heterocycles. The Bertz CT molecular complexity index is 2920. The maximum Gasteiger partial charge on any atom is 0.329 e. The Hall–Kier alpha value is -6.04. The molecule has 0 bridgehead atoms. The molecule has 1 spiro atoms. The highest BCUT2D eigenvalue weighted by molar-refractivity contribution is 7.90. The van der Waals surface area contributed by atoms with Gasteiger partial charge in [-0.1, -0.05) is 6.92 Å². The van der Waals surface area contributed by atoms with Crippen LogP contribution in [0.15, 0.2) is 53.6 Å². The van der Waals surface area contributed by atoms with Crippen molar-refractivity contribution in [3.63, 3.8) is 0 Å². The van der Waals surface area contributed by atoms with E-state index in [1.807, 2.05) is 6.07 Å². The molecule has 336 valence electrons. The van der Waals surface area contributed by atoms with Crippen molar-refractivity contribution in [1.82, 2.24) is 33.9 Å². The molecule has 2 saturated heterocycles. The number of hydrogen-bond donors (Lipinski definition) is 2. The van der Waals surface area contributed by atoms with Crippen LogP contribution in [0.5, 0.6) is 11.5 Å². The summed E-state index contributed by atoms with van der Waals surface area (Å²) in [5.41, 5.74) is 0.604. The lowest BCUT2D eigenvalue weighted by atomic mass is 9.60. The number of alkyl halides is 1. The van der Waals surface area contributed by atoms with Gasteiger partial charge in [0.2, 0.25) is 5.91 Å². The van der Waals surface area contributed by atoms with Crippen molar-refractivity contribution in [1.29, 1.82) is 5.26 Å². The van der Waals surface area contributed by atoms with Gasteiger partial charge in [-0.25, -0.2) is 22.9 Å². The molecule has 2 aromatic heterocycles. The van der Waals surface area contributed by atoms with Gasteiger partial charge in [0, 0.05) is 51.1 Å². The molecule has 64 heavy (non-hydrogen) atoms. The van der Waals surface area contributed by atoms with Gasteiger partial charge in [0.25, 0.3) is 5.56 Å². The molecule has 0 radical (unpaired) electrons. The number of ether oxygens (including phenoxy) is 1. The number of rotatable bonds is 10. The highest BCUT2D eigenvalue weighted by Crippen LogP contribution is 2.55. The molecule has 2 N–H and O–H groups in total. The van der Waals surface area contributed by atoms with E-state index in [0.29, 0.717) is 47.9 Å². The Labute approximate surface area is 366 Å². The molecule has 2 aliphatic heterocycles. The standard InChI is InChI=1S/C44H47F3N10O6S/c1-4-53(2)64(61,62)52-36-9-7-32(45)40(31(36)23-48)63-27-6-8-35-29(18-27)42(59)57(24-49-35)26-21-44(22-26)12-15-55(16-13-44)37-10-5-25(17-34(37)47)28-20-38-30(19-33(28)46)41(51-54(38)3)56-14-11-39(58)50-43(56)60/h6-9,18-20,24-26,34,37,52H,4-5,10-17,21-22H2,1-3H3,(H,50,58,60)/t25-,34?,37+/m1/s1. The molecule has 20 heteroatoms. The summed E-state index contributed by atoms with van der Waals surface area (Å²) in [6, 6.07) is 10.5. The summed E-state index contributed by atoms with van der Waals surface area (Å²) < 4.78 is 84.7. The minimum absolute atomic E-state index is 0.00186. The Kier molecular flexibility index (Phi) is 11.1. The average Bonchev–Trinajstić information content (AvgIpc) is 3.57. The Balaban J connectivity index is 0.831. The Morgan fingerprint density at radius 1 is 1.03 bits per heavy atom. The molecule has 3 atom stereocenters. The van der Waals surface area contributed by atoms with Crippen LogP contribution in [0.2, 0.25) is 0 Å². The number of aryl methyl sites for hydroxylation is 1. The van der Waals surface area contributed by atoms with Crippen molar-refractivity contribution in [2.75, 3.05) is 42.8 Å². The van der Waals surface area contributed by atoms with Crippen LogP contribution in [-0.2, 0) is 22.1 Å². The Morgan fingerprint density at radius 3 is 2.50 bits per heavy atom. The highest BCUT2D eigenvalue weighted by Gasteiger charge is 2.48. The van der Waals surface area contributed by atoms with Gasteiger partial charge in [0.1, 0.15) is 29.4 Å². The van der Waals surface area contributed by atoms with E-state index in [9.17, 15) is 28.1 Å². The van der Waals surface area contributed by atoms with Crippen molar-refractivity contribution < 1.29 is 35.9 Å². The topological polar surface area (TPSA) is 188 Å². The molecule has 9 rings (SSSR count). The quantitative estimate of drug-likeness (QED) is 0.160. The van der Waals surface area contributed by atoms with Crippen molar-refractivity contribution in [2.45, 2.75) is 82.5 Å². The zero-order chi connectivity index (χ0) is 45.2. The number of fused-ring (bicyclic) bond motifs is 2. The first kappa shape index (κ1) is 43.2. The van der Waals surface area contributed by atoms with Crippen LogP contribution < -0.4 is 25.2 Å². The van der Waals surface area contributed by atoms with Gasteiger partial charge in [0.05, 0.1) is 28.4 Å². The van der Waals surface area contributed by atoms with E-state index in [1.165, 1.54) is 36.5 Å². The first-order chi connectivity index (χ1) is 30.6. The molecule has 3 aromatic carbocycles. The maximum atomic E-state index is 16.1. The number of aromatic nitrogens is 4. The van der Waals surface area contributed by atoms with Crippen LogP contribution in [0, 0.1) is 28.4 Å². The van der Waals surface area contributed by atoms with E-state index in [2.05, 4.69) is 25.0 Å². The fraction of sp³-hybridized carbons (Fsp3) is 0.455. The molecule has 4 aliphatic rings. The third-order valence-corrected chi connectivity index (χ3v) is 15.3. The van der Waals surface area contributed by atoms with Gasteiger partial charge in [-0.3, -0.25) is 38.7 Å². The predicted molar refractivity (Wildman–Crippen MR) is 231 cm³/mol. The number of amides is 3. The zero-order valence-corrected chi connectivity index (χ0v) is 36.3. The maximum absolute atomic E-state index is 16.1. The molecule has 2 aliphatic carbocycles. The van der Waals surface area contributed by atoms with Crippen molar-refractivity contribution >= 4 is 55.5 Å². The fourth-order valence-electron chi connectivity index (χ4n) is 10.0. The summed E-state index contributed by atoms with van der Waals surface area (Å²) >= 11 is 0. The highest BCUT2D eigenvalue weighted by atomic mass is 32.2. The Morgan fingerprint density at radius 2 is 1.80 bits per heavy atom. The summed E-state index contributed by atoms with van der Waals surface area (Å²) in [5, 5.41) is 17.3. The normalized spacial score (nSPS) is 21.9. The van der Waals surface area contributed by atoms with Crippen LogP contribution >= 0.6 is 0 Å². The zero-order valence-electron chi connectivity index (χ0n) is 35.5. The molecular weight excluding hydrogens is 854 g/mol. The van der Waals surface area contributed by atoms with Crippen LogP contribution in [-0.4, -0.2) is 94.3 Å². The monoisotopic (exact) mass is 900 g/mol. The number of nitrogens with one attached hydrogen (secondary N) is 2. The van der Waals surface area contributed by atoms with Crippen LogP contribution in [0.1, 0.15) is 81.4 Å². The lowest BCUT2D eigenvalue weighted by Gasteiger charge is -2.54. The minimum atomic E-state index is -4.03. The van der Waals surface area contributed by atoms with E-state index >= 15 is 13.2 Å². The number of imide groups is 1. The van der Waals surface area contributed by atoms with Gasteiger partial charge >= 0.3 is 16.2 Å². The number of carbonyl (C=O) groups excluding carboxylic acids is 2. The van der Waals surface area contributed by atoms with Crippen LogP contribution in [0.25, 0.3) is 21.8 Å². The smallest absolute Gasteiger partial charge is 0.329 e. The number of benzene rings is 3. The van der Waals surface area contributed by atoms with Crippen LogP contribution in [0.3, 0.4) is 0 Å². The van der Waals surface area contributed by atoms with E-state index < -0.39 is 39.8 Å². The van der Waals surface area contributed by atoms with Crippen LogP contribution in [0.4, 0.5) is 29.5 Å². The van der Waals surface area contributed by atoms with E-state index in [4.69, 9.17) is 4.74 Å². The first-order valence-corrected chi connectivity index (χ1v) is 22.8. The summed E-state index contributed by atoms with van der Waals surface area (Å²) in [5.74, 6) is -2.25. The predicted octanol–water partition coefficient (Wildman–Crippen LogP) is 6.37. The summed E-state index contributed by atoms with van der Waals surface area (Å²) in [4.78, 5) is 46.2. The largest absolute Gasteiger partial charge is 0.453 e. The summed E-state index contributed by atoms with van der Waals surface area (Å²) in [6.45, 7) is 3.35. The molecule has 1 unspecified atom stereocenters. The van der Waals surface area contributed by atoms with Crippen molar-refractivity contribution in [2.24, 2.45) is 12.5 Å². The molecule has 5 aromatic rings. The fourth-order valence-corrected chi connectivity index (χ4v) is 11.0. The third kappa shape index (κ3) is 7.72. The minimum Gasteiger partial charge on any atom is -0.453 e. The van der Waals surface area contributed by atoms with E-state index in [0.717, 1.165) is 42.1 Å². The van der Waals surface area contributed by atoms with Crippen molar-refractivity contribution in [3.05, 3.63) is 81.9 Å². The number of piperidine rings is 1. The number of urea groups is 1. The van der Waals surface area contributed by atoms with Gasteiger partial charge < -0.3 is 4.74 Å². The van der Waals surface area contributed by atoms with Gasteiger partial charge in [-0.15, -0.1) is 0 Å². The molecule has 16 nitrogen and oxygen atoms in total. The lowest BCUT2D eigenvalue weighted by Crippen LogP contribution is -2.54. The second kappa shape index (κ2) is 16.5. The number of halogens is 3. The van der Waals surface area contributed by atoms with E-state index in [1.54, 1.807) is 35.4 Å². The summed E-state index contributed by atoms with van der Waals surface area (Å²) in [6.07, 6.45) is 5.05. The lowest BCUT2D eigenvalue weighted by molar-refractivity contribution is -0.120. The SMILES string of the molecule is CCN(C)S(=O)(=O)Nc1ccc(F)c(Oc2ccc3ncn(C4CC5(CCN([C@H]6CC[C@@H](c7cc8c(cc7F)c(N7CCC(=O)NC7=O)nn8C)CC6F)CC5)C4)c(=O)c3c2)c1C#N. The second-order valence-corrected chi connectivity index (χ2v) is 19.2. The number of carbonyl (C=O) groups is 2. The number of anilines is 2. The molecular formula is C44H47F3N10O6S. The number of likely N-dealkylation sites (tertiary alicyclic amines) is 1. The number of nitriles is 1. The van der Waals surface area contributed by atoms with Gasteiger partial charge in [-0.2, -0.15) is 23.1 Å². The first-order valence-electron chi connectivity index (χ1n) is 21.4. The van der Waals surface area contributed by atoms with Crippen molar-refractivity contribution in [3.8, 4) is 17.6 Å². The van der Waals surface area contributed by atoms with Gasteiger partial charge in [-0.05, 0) is 117 Å². The molecule has 3 amide bonds. The van der Waals surface area contributed by atoms with E-state index in [-0.39, 0.29) is 89.0 Å². The number of hydrogen-bond acceptors (Lipinski definition) is 10.